The Morgan fingerprint density at radius 2 is 1.79 bits per heavy atom. The Balaban J connectivity index is 1.43. The van der Waals surface area contributed by atoms with Crippen LogP contribution in [0.4, 0.5) is 11.5 Å². The number of nitrogen functional groups attached to an aromatic ring is 1. The summed E-state index contributed by atoms with van der Waals surface area (Å²) in [5, 5.41) is 17.8. The molecule has 3 aromatic heterocycles. The van der Waals surface area contributed by atoms with Gasteiger partial charge in [0.15, 0.2) is 11.5 Å². The van der Waals surface area contributed by atoms with E-state index in [1.54, 1.807) is 18.5 Å². The van der Waals surface area contributed by atoms with Crippen molar-refractivity contribution in [1.29, 1.82) is 5.26 Å². The van der Waals surface area contributed by atoms with E-state index in [0.29, 0.717) is 23.0 Å². The first kappa shape index (κ1) is 21.5. The van der Waals surface area contributed by atoms with Crippen molar-refractivity contribution in [2.75, 3.05) is 23.7 Å². The predicted molar refractivity (Wildman–Crippen MR) is 128 cm³/mol. The highest BCUT2D eigenvalue weighted by molar-refractivity contribution is 5.69. The quantitative estimate of drug-likeness (QED) is 0.475. The van der Waals surface area contributed by atoms with Crippen LogP contribution < -0.4 is 10.6 Å². The molecule has 2 N–H and O–H groups in total. The molecule has 1 aliphatic heterocycles. The van der Waals surface area contributed by atoms with Gasteiger partial charge in [-0.05, 0) is 56.2 Å². The van der Waals surface area contributed by atoms with Gasteiger partial charge in [-0.2, -0.15) is 5.26 Å². The van der Waals surface area contributed by atoms with Gasteiger partial charge in [0.25, 0.3) is 5.89 Å². The first-order chi connectivity index (χ1) is 16.3. The van der Waals surface area contributed by atoms with Gasteiger partial charge in [-0.1, -0.05) is 6.92 Å². The molecule has 1 aromatic carbocycles. The third-order valence-electron chi connectivity index (χ3n) is 5.95. The predicted octanol–water partition coefficient (Wildman–Crippen LogP) is 4.10. The number of nitrogens with zero attached hydrogens (tertiary/aromatic N) is 7. The van der Waals surface area contributed by atoms with Crippen LogP contribution in [0.15, 0.2) is 53.2 Å². The normalized spacial score (nSPS) is 14.0. The van der Waals surface area contributed by atoms with Crippen molar-refractivity contribution in [3.63, 3.8) is 0 Å². The van der Waals surface area contributed by atoms with Gasteiger partial charge in [0, 0.05) is 36.1 Å². The standard InChI is InChI=1S/C25H24N8O/c1-15-12-33(13-15)18-6-4-16(5-7-18)23-31-32-24(34-23)21-22(27)29-11-19(30-21)17-8-9-28-20(10-17)25(2,3)14-26/h4-11,15H,12-13H2,1-3H3,(H2,27,29). The number of anilines is 2. The SMILES string of the molecule is CC1CN(c2ccc(-c3nnc(-c4nc(-c5ccnc(C(C)(C)C#N)c5)cnc4N)o3)cc2)C1. The van der Waals surface area contributed by atoms with Crippen molar-refractivity contribution in [2.45, 2.75) is 26.2 Å². The Bertz CT molecular complexity index is 1380. The van der Waals surface area contributed by atoms with Gasteiger partial charge < -0.3 is 15.1 Å². The average molecular weight is 453 g/mol. The number of nitriles is 1. The molecule has 0 aliphatic carbocycles. The van der Waals surface area contributed by atoms with Crippen LogP contribution in [-0.4, -0.2) is 38.2 Å². The fraction of sp³-hybridized carbons (Fsp3) is 0.280. The monoisotopic (exact) mass is 452 g/mol. The second kappa shape index (κ2) is 8.23. The van der Waals surface area contributed by atoms with Gasteiger partial charge in [0.1, 0.15) is 0 Å². The average Bonchev–Trinajstić information content (AvgIpc) is 3.33. The summed E-state index contributed by atoms with van der Waals surface area (Å²) in [5.74, 6) is 1.49. The minimum atomic E-state index is -0.731. The van der Waals surface area contributed by atoms with Crippen molar-refractivity contribution in [2.24, 2.45) is 5.92 Å². The molecule has 4 aromatic rings. The van der Waals surface area contributed by atoms with E-state index in [2.05, 4.69) is 55.2 Å². The highest BCUT2D eigenvalue weighted by Gasteiger charge is 2.24. The van der Waals surface area contributed by atoms with Crippen molar-refractivity contribution < 1.29 is 4.42 Å². The number of hydrogen-bond donors (Lipinski definition) is 1. The molecule has 9 nitrogen and oxygen atoms in total. The third kappa shape index (κ3) is 3.94. The zero-order valence-electron chi connectivity index (χ0n) is 19.2. The van der Waals surface area contributed by atoms with Gasteiger partial charge in [0.05, 0.1) is 29.1 Å². The van der Waals surface area contributed by atoms with Crippen molar-refractivity contribution in [3.8, 4) is 40.4 Å². The molecule has 0 bridgehead atoms. The van der Waals surface area contributed by atoms with Crippen molar-refractivity contribution in [3.05, 3.63) is 54.5 Å². The van der Waals surface area contributed by atoms with E-state index >= 15 is 0 Å². The highest BCUT2D eigenvalue weighted by Crippen LogP contribution is 2.31. The molecule has 170 valence electrons. The minimum Gasteiger partial charge on any atom is -0.414 e. The zero-order chi connectivity index (χ0) is 23.9. The summed E-state index contributed by atoms with van der Waals surface area (Å²) in [7, 11) is 0. The van der Waals surface area contributed by atoms with Crippen LogP contribution >= 0.6 is 0 Å². The molecule has 5 rings (SSSR count). The first-order valence-electron chi connectivity index (χ1n) is 11.0. The van der Waals surface area contributed by atoms with E-state index in [4.69, 9.17) is 10.2 Å². The topological polar surface area (TPSA) is 131 Å². The second-order valence-corrected chi connectivity index (χ2v) is 9.13. The molecule has 9 heteroatoms. The van der Waals surface area contributed by atoms with E-state index in [-0.39, 0.29) is 11.7 Å². The fourth-order valence-electron chi connectivity index (χ4n) is 3.84. The van der Waals surface area contributed by atoms with E-state index in [0.717, 1.165) is 30.1 Å². The van der Waals surface area contributed by atoms with Crippen molar-refractivity contribution in [1.82, 2.24) is 25.1 Å². The molecular weight excluding hydrogens is 428 g/mol. The third-order valence-corrected chi connectivity index (χ3v) is 5.95. The maximum absolute atomic E-state index is 9.44. The molecule has 4 heterocycles. The molecule has 0 amide bonds. The Labute approximate surface area is 197 Å². The summed E-state index contributed by atoms with van der Waals surface area (Å²) in [6.45, 7) is 8.03. The number of rotatable bonds is 5. The Morgan fingerprint density at radius 1 is 1.06 bits per heavy atom. The number of aromatic nitrogens is 5. The van der Waals surface area contributed by atoms with Gasteiger partial charge in [-0.3, -0.25) is 4.98 Å². The molecule has 0 unspecified atom stereocenters. The highest BCUT2D eigenvalue weighted by atomic mass is 16.4. The van der Waals surface area contributed by atoms with Gasteiger partial charge in [-0.25, -0.2) is 9.97 Å². The maximum atomic E-state index is 9.44. The Kier molecular flexibility index (Phi) is 5.21. The van der Waals surface area contributed by atoms with Gasteiger partial charge >= 0.3 is 0 Å². The Morgan fingerprint density at radius 3 is 2.50 bits per heavy atom. The van der Waals surface area contributed by atoms with Crippen LogP contribution in [0.5, 0.6) is 0 Å². The fourth-order valence-corrected chi connectivity index (χ4v) is 3.84. The summed E-state index contributed by atoms with van der Waals surface area (Å²) >= 11 is 0. The van der Waals surface area contributed by atoms with Crippen LogP contribution in [0, 0.1) is 17.2 Å². The molecule has 1 fully saturated rings. The molecule has 0 spiro atoms. The molecular formula is C25H24N8O. The van der Waals surface area contributed by atoms with Gasteiger partial charge in [-0.15, -0.1) is 10.2 Å². The van der Waals surface area contributed by atoms with E-state index < -0.39 is 5.41 Å². The first-order valence-corrected chi connectivity index (χ1v) is 11.0. The molecule has 0 atom stereocenters. The van der Waals surface area contributed by atoms with Crippen LogP contribution in [-0.2, 0) is 5.41 Å². The lowest BCUT2D eigenvalue weighted by atomic mass is 9.90. The van der Waals surface area contributed by atoms with Crippen LogP contribution in [0.25, 0.3) is 34.3 Å². The van der Waals surface area contributed by atoms with Gasteiger partial charge in [0.2, 0.25) is 5.89 Å². The largest absolute Gasteiger partial charge is 0.414 e. The molecule has 34 heavy (non-hydrogen) atoms. The Hall–Kier alpha value is -4.32. The second-order valence-electron chi connectivity index (χ2n) is 9.13. The van der Waals surface area contributed by atoms with Crippen LogP contribution in [0.3, 0.4) is 0 Å². The molecule has 1 aliphatic rings. The molecule has 0 radical (unpaired) electrons. The van der Waals surface area contributed by atoms with Crippen molar-refractivity contribution >= 4 is 11.5 Å². The smallest absolute Gasteiger partial charge is 0.270 e. The zero-order valence-corrected chi connectivity index (χ0v) is 19.2. The molecule has 0 saturated carbocycles. The summed E-state index contributed by atoms with van der Waals surface area (Å²) < 4.78 is 5.91. The minimum absolute atomic E-state index is 0.188. The maximum Gasteiger partial charge on any atom is 0.270 e. The lowest BCUT2D eigenvalue weighted by molar-refractivity contribution is 0.447. The summed E-state index contributed by atoms with van der Waals surface area (Å²) in [5.41, 5.74) is 9.63. The summed E-state index contributed by atoms with van der Waals surface area (Å²) in [6, 6.07) is 14.0. The lowest BCUT2D eigenvalue weighted by Gasteiger charge is -2.39. The number of pyridine rings is 1. The number of hydrogen-bond acceptors (Lipinski definition) is 9. The number of benzene rings is 1. The van der Waals surface area contributed by atoms with Crippen LogP contribution in [0.1, 0.15) is 26.5 Å². The van der Waals surface area contributed by atoms with Crippen LogP contribution in [0.2, 0.25) is 0 Å². The summed E-state index contributed by atoms with van der Waals surface area (Å²) in [4.78, 5) is 15.6. The lowest BCUT2D eigenvalue weighted by Crippen LogP contribution is -2.45. The van der Waals surface area contributed by atoms with E-state index in [9.17, 15) is 5.26 Å². The van der Waals surface area contributed by atoms with E-state index in [1.165, 1.54) is 5.69 Å². The van der Waals surface area contributed by atoms with E-state index in [1.807, 2.05) is 32.0 Å². The number of nitrogens with two attached hydrogens (primary N) is 1. The summed E-state index contributed by atoms with van der Waals surface area (Å²) in [6.07, 6.45) is 3.22. The molecule has 1 saturated heterocycles.